The molecule has 1 N–H and O–H groups in total. The second-order valence-corrected chi connectivity index (χ2v) is 6.77. The van der Waals surface area contributed by atoms with Gasteiger partial charge < -0.3 is 10.2 Å². The van der Waals surface area contributed by atoms with Crippen molar-refractivity contribution >= 4 is 17.6 Å². The summed E-state index contributed by atoms with van der Waals surface area (Å²) in [4.78, 5) is 30.5. The van der Waals surface area contributed by atoms with Gasteiger partial charge in [-0.15, -0.1) is 0 Å². The van der Waals surface area contributed by atoms with Crippen LogP contribution in [-0.2, 0) is 4.79 Å². The summed E-state index contributed by atoms with van der Waals surface area (Å²) in [6.07, 6.45) is 3.17. The zero-order chi connectivity index (χ0) is 20.3. The first kappa shape index (κ1) is 19.3. The summed E-state index contributed by atoms with van der Waals surface area (Å²) in [6.45, 7) is 5.68. The number of hydrogen-bond donors (Lipinski definition) is 1. The van der Waals surface area contributed by atoms with Gasteiger partial charge >= 0.3 is 0 Å². The molecule has 2 amide bonds. The second-order valence-electron chi connectivity index (χ2n) is 6.77. The van der Waals surface area contributed by atoms with Crippen LogP contribution in [-0.4, -0.2) is 45.1 Å². The van der Waals surface area contributed by atoms with Crippen molar-refractivity contribution in [2.75, 3.05) is 18.9 Å². The quantitative estimate of drug-likeness (QED) is 0.741. The number of carbonyl (C=O) groups excluding carboxylic acids is 2. The zero-order valence-corrected chi connectivity index (χ0v) is 16.4. The lowest BCUT2D eigenvalue weighted by Gasteiger charge is -2.16. The van der Waals surface area contributed by atoms with Crippen molar-refractivity contribution < 1.29 is 9.59 Å². The normalized spacial score (nSPS) is 10.6. The molecule has 7 nitrogen and oxygen atoms in total. The summed E-state index contributed by atoms with van der Waals surface area (Å²) in [6, 6.07) is 11.5. The van der Waals surface area contributed by atoms with Crippen molar-refractivity contribution in [1.82, 2.24) is 19.7 Å². The number of benzene rings is 1. The van der Waals surface area contributed by atoms with Gasteiger partial charge in [-0.1, -0.05) is 18.2 Å². The van der Waals surface area contributed by atoms with Gasteiger partial charge in [0.15, 0.2) is 0 Å². The van der Waals surface area contributed by atoms with Crippen LogP contribution in [0.4, 0.5) is 5.82 Å². The summed E-state index contributed by atoms with van der Waals surface area (Å²) < 4.78 is 1.74. The molecule has 3 aromatic rings. The van der Waals surface area contributed by atoms with Crippen molar-refractivity contribution in [2.24, 2.45) is 0 Å². The van der Waals surface area contributed by atoms with E-state index < -0.39 is 0 Å². The number of hydrogen-bond acceptors (Lipinski definition) is 4. The molecule has 0 spiro atoms. The molecule has 0 bridgehead atoms. The predicted molar refractivity (Wildman–Crippen MR) is 108 cm³/mol. The van der Waals surface area contributed by atoms with Crippen molar-refractivity contribution in [3.63, 3.8) is 0 Å². The van der Waals surface area contributed by atoms with Crippen LogP contribution in [0.25, 0.3) is 5.69 Å². The highest BCUT2D eigenvalue weighted by Crippen LogP contribution is 2.18. The first-order valence-corrected chi connectivity index (χ1v) is 8.95. The minimum Gasteiger partial charge on any atom is -0.332 e. The fourth-order valence-corrected chi connectivity index (χ4v) is 2.94. The molecular formula is C21H23N5O2. The molecular weight excluding hydrogens is 354 g/mol. The Labute approximate surface area is 164 Å². The van der Waals surface area contributed by atoms with Gasteiger partial charge in [0.2, 0.25) is 5.91 Å². The van der Waals surface area contributed by atoms with Gasteiger partial charge in [-0.05, 0) is 50.1 Å². The number of para-hydroxylation sites is 1. The summed E-state index contributed by atoms with van der Waals surface area (Å²) in [7, 11) is 1.59. The van der Waals surface area contributed by atoms with E-state index in [0.717, 1.165) is 22.5 Å². The predicted octanol–water partition coefficient (Wildman–Crippen LogP) is 2.90. The molecule has 0 aliphatic carbocycles. The summed E-state index contributed by atoms with van der Waals surface area (Å²) in [5, 5.41) is 7.07. The average Bonchev–Trinajstić information content (AvgIpc) is 3.02. The molecule has 3 rings (SSSR count). The summed E-state index contributed by atoms with van der Waals surface area (Å²) in [5.74, 6) is -0.100. The lowest BCUT2D eigenvalue weighted by molar-refractivity contribution is -0.116. The maximum Gasteiger partial charge on any atom is 0.257 e. The first-order chi connectivity index (χ1) is 13.4. The van der Waals surface area contributed by atoms with E-state index in [1.54, 1.807) is 30.2 Å². The van der Waals surface area contributed by atoms with Crippen molar-refractivity contribution in [3.8, 4) is 5.69 Å². The number of anilines is 1. The third-order valence-electron chi connectivity index (χ3n) is 4.49. The molecule has 1 aromatic carbocycles. The van der Waals surface area contributed by atoms with E-state index in [1.165, 1.54) is 4.90 Å². The minimum absolute atomic E-state index is 0.0799. The van der Waals surface area contributed by atoms with Gasteiger partial charge in [-0.3, -0.25) is 9.59 Å². The first-order valence-electron chi connectivity index (χ1n) is 8.95. The number of rotatable bonds is 5. The van der Waals surface area contributed by atoms with Crippen LogP contribution in [0.15, 0.2) is 48.8 Å². The minimum atomic E-state index is -0.308. The maximum atomic E-state index is 12.8. The number of likely N-dealkylation sites (N-methyl/N-ethyl adjacent to an activating group) is 1. The molecule has 0 radical (unpaired) electrons. The highest BCUT2D eigenvalue weighted by Gasteiger charge is 2.21. The van der Waals surface area contributed by atoms with Crippen LogP contribution in [0.3, 0.4) is 0 Å². The second kappa shape index (κ2) is 8.04. The smallest absolute Gasteiger partial charge is 0.257 e. The lowest BCUT2D eigenvalue weighted by atomic mass is 10.2. The fraction of sp³-hybridized carbons (Fsp3) is 0.238. The van der Waals surface area contributed by atoms with E-state index in [1.807, 2.05) is 51.1 Å². The van der Waals surface area contributed by atoms with Crippen LogP contribution < -0.4 is 5.32 Å². The van der Waals surface area contributed by atoms with Gasteiger partial charge in [-0.25, -0.2) is 9.67 Å². The Balaban J connectivity index is 1.72. The van der Waals surface area contributed by atoms with Crippen LogP contribution in [0, 0.1) is 20.8 Å². The Bertz CT molecular complexity index is 1030. The van der Waals surface area contributed by atoms with E-state index >= 15 is 0 Å². The third kappa shape index (κ3) is 4.09. The fourth-order valence-electron chi connectivity index (χ4n) is 2.94. The highest BCUT2D eigenvalue weighted by molar-refractivity contribution is 5.99. The van der Waals surface area contributed by atoms with Gasteiger partial charge in [-0.2, -0.15) is 5.10 Å². The highest BCUT2D eigenvalue weighted by atomic mass is 16.2. The van der Waals surface area contributed by atoms with Gasteiger partial charge in [0.1, 0.15) is 5.82 Å². The molecule has 2 aromatic heterocycles. The van der Waals surface area contributed by atoms with Gasteiger partial charge in [0.25, 0.3) is 5.91 Å². The van der Waals surface area contributed by atoms with E-state index in [-0.39, 0.29) is 18.4 Å². The summed E-state index contributed by atoms with van der Waals surface area (Å²) >= 11 is 0. The number of nitrogens with zero attached hydrogens (tertiary/aromatic N) is 4. The lowest BCUT2D eigenvalue weighted by Crippen LogP contribution is -2.35. The monoisotopic (exact) mass is 377 g/mol. The van der Waals surface area contributed by atoms with Crippen LogP contribution in [0.5, 0.6) is 0 Å². The van der Waals surface area contributed by atoms with Crippen LogP contribution in [0.2, 0.25) is 0 Å². The van der Waals surface area contributed by atoms with Crippen LogP contribution in [0.1, 0.15) is 27.2 Å². The molecule has 0 aliphatic rings. The van der Waals surface area contributed by atoms with Crippen molar-refractivity contribution in [2.45, 2.75) is 20.8 Å². The number of pyridine rings is 1. The van der Waals surface area contributed by atoms with Crippen LogP contribution >= 0.6 is 0 Å². The topological polar surface area (TPSA) is 80.1 Å². The Morgan fingerprint density at radius 3 is 2.61 bits per heavy atom. The number of carbonyl (C=O) groups is 2. The Morgan fingerprint density at radius 1 is 1.14 bits per heavy atom. The Hall–Kier alpha value is -3.48. The summed E-state index contributed by atoms with van der Waals surface area (Å²) in [5.41, 5.74) is 4.17. The SMILES string of the molecule is Cc1ccnc(NC(=O)CN(C)C(=O)c2cnn(-c3ccccc3C)c2C)c1. The molecule has 7 heteroatoms. The Kier molecular flexibility index (Phi) is 5.54. The molecule has 2 heterocycles. The maximum absolute atomic E-state index is 12.8. The Morgan fingerprint density at radius 2 is 1.89 bits per heavy atom. The molecule has 0 atom stereocenters. The third-order valence-corrected chi connectivity index (χ3v) is 4.49. The molecule has 0 saturated heterocycles. The van der Waals surface area contributed by atoms with Crippen molar-refractivity contribution in [3.05, 3.63) is 71.2 Å². The molecule has 144 valence electrons. The number of nitrogens with one attached hydrogen (secondary N) is 1. The van der Waals surface area contributed by atoms with E-state index in [2.05, 4.69) is 15.4 Å². The molecule has 0 aliphatic heterocycles. The largest absolute Gasteiger partial charge is 0.332 e. The van der Waals surface area contributed by atoms with E-state index in [4.69, 9.17) is 0 Å². The molecule has 0 fully saturated rings. The number of aromatic nitrogens is 3. The number of aryl methyl sites for hydroxylation is 2. The van der Waals surface area contributed by atoms with E-state index in [0.29, 0.717) is 11.4 Å². The zero-order valence-electron chi connectivity index (χ0n) is 16.4. The standard InChI is InChI=1S/C21H23N5O2/c1-14-9-10-22-19(11-14)24-20(27)13-25(4)21(28)17-12-23-26(16(17)3)18-8-6-5-7-15(18)2/h5-12H,13H2,1-4H3,(H,22,24,27). The molecule has 0 unspecified atom stereocenters. The average molecular weight is 377 g/mol. The van der Waals surface area contributed by atoms with Gasteiger partial charge in [0.05, 0.1) is 29.7 Å². The van der Waals surface area contributed by atoms with Gasteiger partial charge in [0, 0.05) is 13.2 Å². The number of amides is 2. The molecule has 28 heavy (non-hydrogen) atoms. The van der Waals surface area contributed by atoms with Crippen molar-refractivity contribution in [1.29, 1.82) is 0 Å². The van der Waals surface area contributed by atoms with E-state index in [9.17, 15) is 9.59 Å². The molecule has 0 saturated carbocycles.